The normalized spacial score (nSPS) is 14.4. The third-order valence-electron chi connectivity index (χ3n) is 3.37. The number of halogens is 2. The van der Waals surface area contributed by atoms with E-state index in [0.717, 1.165) is 11.3 Å². The number of aromatic nitrogens is 2. The standard InChI is InChI=1S/C15H15Cl2N3O/c16-10-2-1-9(13(17)6-10)5-14-19-12(7-15(21)20-14)8-18-11-3-4-11/h1-2,6-7,11,18H,3-5,8H2,(H,19,20,21). The van der Waals surface area contributed by atoms with Gasteiger partial charge >= 0.3 is 0 Å². The maximum atomic E-state index is 11.7. The van der Waals surface area contributed by atoms with Crippen LogP contribution in [-0.4, -0.2) is 16.0 Å². The summed E-state index contributed by atoms with van der Waals surface area (Å²) in [6.07, 6.45) is 2.88. The quantitative estimate of drug-likeness (QED) is 0.889. The zero-order chi connectivity index (χ0) is 14.8. The average molecular weight is 324 g/mol. The van der Waals surface area contributed by atoms with Crippen LogP contribution in [0.4, 0.5) is 0 Å². The summed E-state index contributed by atoms with van der Waals surface area (Å²) >= 11 is 12.0. The number of rotatable bonds is 5. The summed E-state index contributed by atoms with van der Waals surface area (Å²) in [4.78, 5) is 19.0. The molecule has 0 atom stereocenters. The van der Waals surface area contributed by atoms with Gasteiger partial charge in [0.05, 0.1) is 5.69 Å². The minimum atomic E-state index is -0.141. The van der Waals surface area contributed by atoms with Crippen LogP contribution in [0.1, 0.15) is 29.9 Å². The number of nitrogens with zero attached hydrogens (tertiary/aromatic N) is 1. The van der Waals surface area contributed by atoms with Crippen molar-refractivity contribution in [1.29, 1.82) is 0 Å². The van der Waals surface area contributed by atoms with Gasteiger partial charge in [0.15, 0.2) is 0 Å². The molecule has 1 fully saturated rings. The van der Waals surface area contributed by atoms with E-state index in [1.807, 2.05) is 6.07 Å². The van der Waals surface area contributed by atoms with Crippen molar-refractivity contribution < 1.29 is 0 Å². The smallest absolute Gasteiger partial charge is 0.251 e. The maximum Gasteiger partial charge on any atom is 0.251 e. The lowest BCUT2D eigenvalue weighted by Crippen LogP contribution is -2.20. The molecule has 1 aromatic heterocycles. The third-order valence-corrected chi connectivity index (χ3v) is 3.95. The fourth-order valence-corrected chi connectivity index (χ4v) is 2.59. The van der Waals surface area contributed by atoms with E-state index in [9.17, 15) is 4.79 Å². The van der Waals surface area contributed by atoms with E-state index in [4.69, 9.17) is 23.2 Å². The number of benzene rings is 1. The average Bonchev–Trinajstić information content (AvgIpc) is 3.23. The number of H-pyrrole nitrogens is 1. The zero-order valence-corrected chi connectivity index (χ0v) is 12.8. The summed E-state index contributed by atoms with van der Waals surface area (Å²) in [6.45, 7) is 0.621. The Morgan fingerprint density at radius 3 is 2.81 bits per heavy atom. The van der Waals surface area contributed by atoms with Crippen LogP contribution in [0.15, 0.2) is 29.1 Å². The molecule has 1 heterocycles. The Hall–Kier alpha value is -1.36. The van der Waals surface area contributed by atoms with Crippen LogP contribution in [0.25, 0.3) is 0 Å². The highest BCUT2D eigenvalue weighted by Crippen LogP contribution is 2.22. The molecule has 1 aliphatic rings. The number of aromatic amines is 1. The number of nitrogens with one attached hydrogen (secondary N) is 2. The van der Waals surface area contributed by atoms with Gasteiger partial charge in [-0.3, -0.25) is 4.79 Å². The first-order valence-electron chi connectivity index (χ1n) is 6.86. The van der Waals surface area contributed by atoms with E-state index in [-0.39, 0.29) is 5.56 Å². The van der Waals surface area contributed by atoms with Gasteiger partial charge in [0.1, 0.15) is 5.82 Å². The summed E-state index contributed by atoms with van der Waals surface area (Å²) in [5.74, 6) is 0.610. The third kappa shape index (κ3) is 4.06. The Bertz CT molecular complexity index is 710. The fourth-order valence-electron chi connectivity index (χ4n) is 2.12. The van der Waals surface area contributed by atoms with Gasteiger partial charge in [0.25, 0.3) is 5.56 Å². The largest absolute Gasteiger partial charge is 0.310 e. The highest BCUT2D eigenvalue weighted by atomic mass is 35.5. The van der Waals surface area contributed by atoms with Crippen molar-refractivity contribution in [2.45, 2.75) is 31.8 Å². The van der Waals surface area contributed by atoms with Gasteiger partial charge in [-0.05, 0) is 30.5 Å². The minimum Gasteiger partial charge on any atom is -0.310 e. The molecular formula is C15H15Cl2N3O. The van der Waals surface area contributed by atoms with E-state index in [1.165, 1.54) is 18.9 Å². The first-order chi connectivity index (χ1) is 10.1. The van der Waals surface area contributed by atoms with Gasteiger partial charge in [-0.2, -0.15) is 0 Å². The molecule has 2 aromatic rings. The molecule has 0 bridgehead atoms. The van der Waals surface area contributed by atoms with Crippen molar-refractivity contribution in [2.24, 2.45) is 0 Å². The predicted octanol–water partition coefficient (Wildman–Crippen LogP) is 2.92. The maximum absolute atomic E-state index is 11.7. The zero-order valence-electron chi connectivity index (χ0n) is 11.3. The summed E-state index contributed by atoms with van der Waals surface area (Å²) < 4.78 is 0. The molecule has 4 nitrogen and oxygen atoms in total. The molecule has 21 heavy (non-hydrogen) atoms. The van der Waals surface area contributed by atoms with Gasteiger partial charge in [-0.25, -0.2) is 4.98 Å². The molecule has 0 unspecified atom stereocenters. The molecule has 1 aliphatic carbocycles. The molecule has 0 aliphatic heterocycles. The Kier molecular flexibility index (Phi) is 4.29. The molecule has 3 rings (SSSR count). The monoisotopic (exact) mass is 323 g/mol. The van der Waals surface area contributed by atoms with Crippen LogP contribution in [0.2, 0.25) is 10.0 Å². The first kappa shape index (κ1) is 14.6. The van der Waals surface area contributed by atoms with E-state index >= 15 is 0 Å². The van der Waals surface area contributed by atoms with Crippen LogP contribution in [0.3, 0.4) is 0 Å². The first-order valence-corrected chi connectivity index (χ1v) is 7.62. The van der Waals surface area contributed by atoms with E-state index in [1.54, 1.807) is 12.1 Å². The topological polar surface area (TPSA) is 57.8 Å². The van der Waals surface area contributed by atoms with Crippen LogP contribution >= 0.6 is 23.2 Å². The van der Waals surface area contributed by atoms with Crippen molar-refractivity contribution in [3.8, 4) is 0 Å². The van der Waals surface area contributed by atoms with Crippen molar-refractivity contribution >= 4 is 23.2 Å². The molecule has 6 heteroatoms. The number of hydrogen-bond donors (Lipinski definition) is 2. The lowest BCUT2D eigenvalue weighted by Gasteiger charge is -2.07. The van der Waals surface area contributed by atoms with Gasteiger partial charge in [-0.15, -0.1) is 0 Å². The second-order valence-corrected chi connectivity index (χ2v) is 6.09. The Morgan fingerprint density at radius 2 is 2.10 bits per heavy atom. The predicted molar refractivity (Wildman–Crippen MR) is 84.0 cm³/mol. The van der Waals surface area contributed by atoms with Crippen molar-refractivity contribution in [2.75, 3.05) is 0 Å². The van der Waals surface area contributed by atoms with Gasteiger partial charge in [-0.1, -0.05) is 29.3 Å². The Morgan fingerprint density at radius 1 is 1.29 bits per heavy atom. The van der Waals surface area contributed by atoms with Crippen LogP contribution < -0.4 is 10.9 Å². The highest BCUT2D eigenvalue weighted by Gasteiger charge is 2.20. The molecule has 2 N–H and O–H groups in total. The summed E-state index contributed by atoms with van der Waals surface area (Å²) in [5, 5.41) is 4.52. The molecule has 1 aromatic carbocycles. The van der Waals surface area contributed by atoms with Gasteiger partial charge in [0.2, 0.25) is 0 Å². The molecule has 0 saturated heterocycles. The summed E-state index contributed by atoms with van der Waals surface area (Å²) in [7, 11) is 0. The highest BCUT2D eigenvalue weighted by molar-refractivity contribution is 6.35. The molecular weight excluding hydrogens is 309 g/mol. The molecule has 1 saturated carbocycles. The van der Waals surface area contributed by atoms with Crippen LogP contribution in [0, 0.1) is 0 Å². The molecule has 0 amide bonds. The molecule has 0 radical (unpaired) electrons. The fraction of sp³-hybridized carbons (Fsp3) is 0.333. The van der Waals surface area contributed by atoms with E-state index in [2.05, 4.69) is 15.3 Å². The summed E-state index contributed by atoms with van der Waals surface area (Å²) in [6, 6.07) is 7.43. The van der Waals surface area contributed by atoms with Gasteiger partial charge in [0, 0.05) is 35.1 Å². The molecule has 0 spiro atoms. The molecule has 110 valence electrons. The lowest BCUT2D eigenvalue weighted by atomic mass is 10.1. The second kappa shape index (κ2) is 6.18. The summed E-state index contributed by atoms with van der Waals surface area (Å²) in [5.41, 5.74) is 1.50. The van der Waals surface area contributed by atoms with E-state index < -0.39 is 0 Å². The minimum absolute atomic E-state index is 0.141. The number of hydrogen-bond acceptors (Lipinski definition) is 3. The van der Waals surface area contributed by atoms with Crippen LogP contribution in [-0.2, 0) is 13.0 Å². The van der Waals surface area contributed by atoms with Crippen molar-refractivity contribution in [1.82, 2.24) is 15.3 Å². The Labute approximate surface area is 132 Å². The van der Waals surface area contributed by atoms with Crippen molar-refractivity contribution in [3.63, 3.8) is 0 Å². The SMILES string of the molecule is O=c1cc(CNC2CC2)nc(Cc2ccc(Cl)cc2Cl)[nH]1. The Balaban J connectivity index is 1.78. The van der Waals surface area contributed by atoms with Gasteiger partial charge < -0.3 is 10.3 Å². The van der Waals surface area contributed by atoms with Crippen molar-refractivity contribution in [3.05, 3.63) is 61.7 Å². The lowest BCUT2D eigenvalue weighted by molar-refractivity contribution is 0.667. The van der Waals surface area contributed by atoms with E-state index in [0.29, 0.717) is 34.9 Å². The van der Waals surface area contributed by atoms with Crippen LogP contribution in [0.5, 0.6) is 0 Å². The second-order valence-electron chi connectivity index (χ2n) is 5.25.